The van der Waals surface area contributed by atoms with Gasteiger partial charge < -0.3 is 14.5 Å². The quantitative estimate of drug-likeness (QED) is 0.507. The zero-order valence-electron chi connectivity index (χ0n) is 19.1. The highest BCUT2D eigenvalue weighted by Gasteiger charge is 2.36. The lowest BCUT2D eigenvalue weighted by Crippen LogP contribution is -2.52. The molecule has 2 aliphatic heterocycles. The summed E-state index contributed by atoms with van der Waals surface area (Å²) in [6, 6.07) is 13.0. The summed E-state index contributed by atoms with van der Waals surface area (Å²) in [5, 5.41) is 2.27. The van der Waals surface area contributed by atoms with Crippen LogP contribution in [0.15, 0.2) is 60.1 Å². The minimum atomic E-state index is -4.77. The van der Waals surface area contributed by atoms with Crippen LogP contribution in [-0.2, 0) is 4.79 Å². The van der Waals surface area contributed by atoms with E-state index in [1.807, 2.05) is 6.07 Å². The fourth-order valence-corrected chi connectivity index (χ4v) is 5.27. The topological polar surface area (TPSA) is 66.0 Å². The summed E-state index contributed by atoms with van der Waals surface area (Å²) >= 11 is 1.33. The van der Waals surface area contributed by atoms with Gasteiger partial charge in [-0.05, 0) is 35.4 Å². The van der Waals surface area contributed by atoms with Gasteiger partial charge in [0, 0.05) is 62.5 Å². The number of thiazole rings is 1. The third kappa shape index (κ3) is 5.36. The first kappa shape index (κ1) is 24.3. The fraction of sp³-hybridized carbons (Fsp3) is 0.320. The molecule has 2 amide bonds. The molecule has 0 N–H and O–H groups in total. The van der Waals surface area contributed by atoms with Crippen molar-refractivity contribution in [3.63, 3.8) is 0 Å². The smallest absolute Gasteiger partial charge is 0.406 e. The molecule has 0 bridgehead atoms. The number of amides is 2. The zero-order chi connectivity index (χ0) is 25.3. The summed E-state index contributed by atoms with van der Waals surface area (Å²) < 4.78 is 41.9. The number of anilines is 1. The third-order valence-corrected chi connectivity index (χ3v) is 7.16. The molecule has 0 spiro atoms. The van der Waals surface area contributed by atoms with Crippen LogP contribution in [0.2, 0.25) is 0 Å². The van der Waals surface area contributed by atoms with E-state index in [1.54, 1.807) is 45.6 Å². The largest absolute Gasteiger partial charge is 0.573 e. The Hall–Kier alpha value is -3.44. The Morgan fingerprint density at radius 1 is 1.03 bits per heavy atom. The van der Waals surface area contributed by atoms with Gasteiger partial charge in [0.15, 0.2) is 5.01 Å². The minimum absolute atomic E-state index is 0.00685. The van der Waals surface area contributed by atoms with Crippen molar-refractivity contribution in [3.05, 3.63) is 65.1 Å². The van der Waals surface area contributed by atoms with Crippen LogP contribution in [0.3, 0.4) is 0 Å². The molecule has 1 unspecified atom stereocenters. The van der Waals surface area contributed by atoms with Crippen molar-refractivity contribution in [2.75, 3.05) is 37.6 Å². The molecule has 1 atom stereocenters. The number of rotatable bonds is 5. The molecular formula is C25H23F3N4O3S. The third-order valence-electron chi connectivity index (χ3n) is 6.40. The van der Waals surface area contributed by atoms with E-state index in [0.29, 0.717) is 61.0 Å². The maximum absolute atomic E-state index is 12.9. The first-order valence-corrected chi connectivity index (χ1v) is 12.3. The number of carbonyl (C=O) groups is 2. The normalized spacial score (nSPS) is 19.1. The fourth-order valence-electron chi connectivity index (χ4n) is 4.66. The van der Waals surface area contributed by atoms with Gasteiger partial charge >= 0.3 is 6.36 Å². The summed E-state index contributed by atoms with van der Waals surface area (Å²) in [4.78, 5) is 35.3. The Kier molecular flexibility index (Phi) is 6.67. The van der Waals surface area contributed by atoms with Gasteiger partial charge in [0.1, 0.15) is 5.75 Å². The van der Waals surface area contributed by atoms with E-state index in [4.69, 9.17) is 0 Å². The van der Waals surface area contributed by atoms with Gasteiger partial charge in [-0.1, -0.05) is 24.3 Å². The van der Waals surface area contributed by atoms with E-state index < -0.39 is 6.36 Å². The molecule has 2 aromatic carbocycles. The molecule has 3 heterocycles. The number of hydrogen-bond donors (Lipinski definition) is 0. The van der Waals surface area contributed by atoms with Gasteiger partial charge in [0.05, 0.1) is 0 Å². The van der Waals surface area contributed by atoms with Crippen LogP contribution in [0.4, 0.5) is 18.9 Å². The van der Waals surface area contributed by atoms with Gasteiger partial charge in [0.25, 0.3) is 5.91 Å². The lowest BCUT2D eigenvalue weighted by Gasteiger charge is -2.37. The first-order valence-electron chi connectivity index (χ1n) is 11.5. The summed E-state index contributed by atoms with van der Waals surface area (Å²) in [6.45, 7) is 3.02. The van der Waals surface area contributed by atoms with Crippen LogP contribution in [0.1, 0.15) is 16.2 Å². The molecule has 2 saturated heterocycles. The number of ether oxygens (including phenoxy) is 1. The monoisotopic (exact) mass is 516 g/mol. The number of piperazine rings is 1. The second-order valence-electron chi connectivity index (χ2n) is 8.65. The van der Waals surface area contributed by atoms with Crippen LogP contribution in [-0.4, -0.2) is 71.7 Å². The highest BCUT2D eigenvalue weighted by atomic mass is 32.1. The standard InChI is InChI=1S/C25H23F3N4O3S/c26-25(27,28)35-21-6-2-4-18(14-21)17-3-1-5-19(13-17)32-16-20(15-22(32)33)30-8-10-31(11-9-30)24(34)23-29-7-12-36-23/h1-7,12-14,20H,8-11,15-16H2. The maximum atomic E-state index is 12.9. The summed E-state index contributed by atoms with van der Waals surface area (Å²) in [5.74, 6) is -0.363. The van der Waals surface area contributed by atoms with Crippen molar-refractivity contribution in [2.45, 2.75) is 18.8 Å². The number of aromatic nitrogens is 1. The Morgan fingerprint density at radius 2 is 1.75 bits per heavy atom. The van der Waals surface area contributed by atoms with Crippen LogP contribution in [0.5, 0.6) is 5.75 Å². The number of hydrogen-bond acceptors (Lipinski definition) is 6. The molecule has 0 radical (unpaired) electrons. The van der Waals surface area contributed by atoms with Crippen LogP contribution >= 0.6 is 11.3 Å². The summed E-state index contributed by atoms with van der Waals surface area (Å²) in [7, 11) is 0. The molecule has 3 aromatic rings. The highest BCUT2D eigenvalue weighted by molar-refractivity contribution is 7.11. The maximum Gasteiger partial charge on any atom is 0.573 e. The highest BCUT2D eigenvalue weighted by Crippen LogP contribution is 2.32. The number of benzene rings is 2. The van der Waals surface area contributed by atoms with Gasteiger partial charge in [-0.2, -0.15) is 0 Å². The SMILES string of the molecule is O=C(c1nccs1)N1CCN(C2CC(=O)N(c3cccc(-c4cccc(OC(F)(F)F)c4)c3)C2)CC1. The molecule has 0 aliphatic carbocycles. The predicted octanol–water partition coefficient (Wildman–Crippen LogP) is 4.27. The van der Waals surface area contributed by atoms with Crippen LogP contribution in [0, 0.1) is 0 Å². The van der Waals surface area contributed by atoms with Gasteiger partial charge in [-0.25, -0.2) is 4.98 Å². The van der Waals surface area contributed by atoms with Gasteiger partial charge in [-0.15, -0.1) is 24.5 Å². The second-order valence-corrected chi connectivity index (χ2v) is 9.55. The lowest BCUT2D eigenvalue weighted by molar-refractivity contribution is -0.274. The molecule has 188 valence electrons. The Morgan fingerprint density at radius 3 is 2.44 bits per heavy atom. The first-order chi connectivity index (χ1) is 17.3. The van der Waals surface area contributed by atoms with Gasteiger partial charge in [0.2, 0.25) is 5.91 Å². The Balaban J connectivity index is 1.24. The molecule has 36 heavy (non-hydrogen) atoms. The van der Waals surface area contributed by atoms with E-state index in [1.165, 1.54) is 29.5 Å². The molecule has 0 saturated carbocycles. The molecule has 11 heteroatoms. The van der Waals surface area contributed by atoms with Crippen molar-refractivity contribution >= 4 is 28.8 Å². The summed E-state index contributed by atoms with van der Waals surface area (Å²) in [5.41, 5.74) is 1.94. The van der Waals surface area contributed by atoms with E-state index in [2.05, 4.69) is 14.6 Å². The minimum Gasteiger partial charge on any atom is -0.406 e. The van der Waals surface area contributed by atoms with Crippen LogP contribution < -0.4 is 9.64 Å². The Labute approximate surface area is 209 Å². The number of halogens is 3. The second kappa shape index (κ2) is 9.90. The number of carbonyl (C=O) groups excluding carboxylic acids is 2. The molecule has 5 rings (SSSR count). The van der Waals surface area contributed by atoms with Crippen molar-refractivity contribution in [3.8, 4) is 16.9 Å². The van der Waals surface area contributed by atoms with E-state index >= 15 is 0 Å². The molecule has 2 fully saturated rings. The van der Waals surface area contributed by atoms with Crippen molar-refractivity contribution in [1.29, 1.82) is 0 Å². The zero-order valence-corrected chi connectivity index (χ0v) is 20.0. The molecule has 7 nitrogen and oxygen atoms in total. The van der Waals surface area contributed by atoms with Crippen molar-refractivity contribution in [2.24, 2.45) is 0 Å². The molecule has 1 aromatic heterocycles. The van der Waals surface area contributed by atoms with Gasteiger partial charge in [-0.3, -0.25) is 14.5 Å². The average Bonchev–Trinajstić information content (AvgIpc) is 3.53. The predicted molar refractivity (Wildman–Crippen MR) is 129 cm³/mol. The van der Waals surface area contributed by atoms with E-state index in [-0.39, 0.29) is 23.6 Å². The van der Waals surface area contributed by atoms with Crippen molar-refractivity contribution < 1.29 is 27.5 Å². The molecular weight excluding hydrogens is 493 g/mol. The average molecular weight is 517 g/mol. The summed E-state index contributed by atoms with van der Waals surface area (Å²) in [6.07, 6.45) is -2.77. The van der Waals surface area contributed by atoms with E-state index in [9.17, 15) is 22.8 Å². The molecule has 2 aliphatic rings. The number of alkyl halides is 3. The Bertz CT molecular complexity index is 1240. The van der Waals surface area contributed by atoms with Crippen molar-refractivity contribution in [1.82, 2.24) is 14.8 Å². The number of nitrogens with zero attached hydrogens (tertiary/aromatic N) is 4. The lowest BCUT2D eigenvalue weighted by atomic mass is 10.0. The van der Waals surface area contributed by atoms with Crippen LogP contribution in [0.25, 0.3) is 11.1 Å². The van der Waals surface area contributed by atoms with E-state index in [0.717, 1.165) is 0 Å².